The van der Waals surface area contributed by atoms with Crippen LogP contribution >= 0.6 is 0 Å². The number of hydrogen-bond donors (Lipinski definition) is 1. The van der Waals surface area contributed by atoms with Gasteiger partial charge in [0.05, 0.1) is 12.2 Å². The lowest BCUT2D eigenvalue weighted by Gasteiger charge is -2.27. The summed E-state index contributed by atoms with van der Waals surface area (Å²) in [6.07, 6.45) is -0.630. The highest BCUT2D eigenvalue weighted by Gasteiger charge is 2.26. The van der Waals surface area contributed by atoms with Crippen LogP contribution in [0.2, 0.25) is 0 Å². The average Bonchev–Trinajstić information content (AvgIpc) is 2.26. The maximum atomic E-state index is 13.4. The molecule has 5 heteroatoms. The van der Waals surface area contributed by atoms with Crippen LogP contribution in [-0.4, -0.2) is 17.8 Å². The van der Waals surface area contributed by atoms with Gasteiger partial charge in [-0.3, -0.25) is 0 Å². The van der Waals surface area contributed by atoms with E-state index in [1.54, 1.807) is 0 Å². The number of halogens is 3. The van der Waals surface area contributed by atoms with Gasteiger partial charge in [-0.15, -0.1) is 0 Å². The Kier molecular flexibility index (Phi) is 3.16. The molecule has 0 amide bonds. The summed E-state index contributed by atoms with van der Waals surface area (Å²) in [6.45, 7) is 0.282. The maximum absolute atomic E-state index is 13.4. The molecular weight excluding hydrogens is 221 g/mol. The molecule has 1 aromatic rings. The van der Waals surface area contributed by atoms with E-state index in [1.165, 1.54) is 0 Å². The SMILES string of the molecule is OC1CCOC(c2ccc(F)c(F)c2F)C1. The molecular formula is C11H11F3O2. The molecule has 0 radical (unpaired) electrons. The van der Waals surface area contributed by atoms with Crippen LogP contribution in [0.4, 0.5) is 13.2 Å². The first-order valence-corrected chi connectivity index (χ1v) is 5.02. The zero-order valence-corrected chi connectivity index (χ0v) is 8.42. The van der Waals surface area contributed by atoms with Gasteiger partial charge in [0.2, 0.25) is 0 Å². The van der Waals surface area contributed by atoms with Crippen molar-refractivity contribution in [2.75, 3.05) is 6.61 Å². The Bertz CT molecular complexity index is 395. The third-order valence-electron chi connectivity index (χ3n) is 2.67. The fourth-order valence-electron chi connectivity index (χ4n) is 1.79. The minimum absolute atomic E-state index is 0.0438. The van der Waals surface area contributed by atoms with Crippen LogP contribution in [0.1, 0.15) is 24.5 Å². The lowest BCUT2D eigenvalue weighted by Crippen LogP contribution is -2.24. The normalized spacial score (nSPS) is 25.8. The maximum Gasteiger partial charge on any atom is 0.194 e. The smallest absolute Gasteiger partial charge is 0.194 e. The van der Waals surface area contributed by atoms with Crippen LogP contribution in [0.15, 0.2) is 12.1 Å². The van der Waals surface area contributed by atoms with Crippen molar-refractivity contribution in [1.82, 2.24) is 0 Å². The molecule has 1 aromatic carbocycles. The largest absolute Gasteiger partial charge is 0.393 e. The third-order valence-corrected chi connectivity index (χ3v) is 2.67. The van der Waals surface area contributed by atoms with Gasteiger partial charge in [-0.05, 0) is 12.5 Å². The molecule has 2 rings (SSSR count). The van der Waals surface area contributed by atoms with E-state index >= 15 is 0 Å². The molecule has 1 heterocycles. The van der Waals surface area contributed by atoms with Gasteiger partial charge in [-0.1, -0.05) is 6.07 Å². The van der Waals surface area contributed by atoms with Crippen molar-refractivity contribution in [3.63, 3.8) is 0 Å². The van der Waals surface area contributed by atoms with E-state index < -0.39 is 29.7 Å². The van der Waals surface area contributed by atoms with Crippen molar-refractivity contribution >= 4 is 0 Å². The predicted octanol–water partition coefficient (Wildman–Crippen LogP) is 2.32. The molecule has 1 N–H and O–H groups in total. The predicted molar refractivity (Wildman–Crippen MR) is 50.2 cm³/mol. The quantitative estimate of drug-likeness (QED) is 0.753. The number of aliphatic hydroxyl groups excluding tert-OH is 1. The molecule has 1 fully saturated rings. The minimum Gasteiger partial charge on any atom is -0.393 e. The average molecular weight is 232 g/mol. The molecule has 1 saturated heterocycles. The monoisotopic (exact) mass is 232 g/mol. The van der Waals surface area contributed by atoms with Gasteiger partial charge in [0.15, 0.2) is 17.5 Å². The van der Waals surface area contributed by atoms with E-state index in [-0.39, 0.29) is 18.6 Å². The molecule has 2 atom stereocenters. The molecule has 88 valence electrons. The Morgan fingerprint density at radius 1 is 1.19 bits per heavy atom. The van der Waals surface area contributed by atoms with Crippen molar-refractivity contribution in [2.24, 2.45) is 0 Å². The Morgan fingerprint density at radius 2 is 1.94 bits per heavy atom. The molecule has 2 nitrogen and oxygen atoms in total. The zero-order chi connectivity index (χ0) is 11.7. The van der Waals surface area contributed by atoms with Crippen LogP contribution < -0.4 is 0 Å². The van der Waals surface area contributed by atoms with E-state index in [1.807, 2.05) is 0 Å². The Labute approximate surface area is 90.7 Å². The molecule has 1 aliphatic heterocycles. The third kappa shape index (κ3) is 2.05. The van der Waals surface area contributed by atoms with E-state index in [4.69, 9.17) is 4.74 Å². The van der Waals surface area contributed by atoms with Gasteiger partial charge in [-0.2, -0.15) is 0 Å². The number of aliphatic hydroxyl groups is 1. The van der Waals surface area contributed by atoms with Gasteiger partial charge in [0.25, 0.3) is 0 Å². The van der Waals surface area contributed by atoms with Gasteiger partial charge >= 0.3 is 0 Å². The molecule has 16 heavy (non-hydrogen) atoms. The van der Waals surface area contributed by atoms with Crippen LogP contribution in [-0.2, 0) is 4.74 Å². The fraction of sp³-hybridized carbons (Fsp3) is 0.455. The lowest BCUT2D eigenvalue weighted by molar-refractivity contribution is -0.0464. The number of benzene rings is 1. The summed E-state index contributed by atoms with van der Waals surface area (Å²) in [5.74, 6) is -3.96. The molecule has 0 aliphatic carbocycles. The topological polar surface area (TPSA) is 29.5 Å². The first-order chi connectivity index (χ1) is 7.59. The molecule has 0 bridgehead atoms. The van der Waals surface area contributed by atoms with Crippen LogP contribution in [0, 0.1) is 17.5 Å². The highest BCUT2D eigenvalue weighted by Crippen LogP contribution is 2.31. The van der Waals surface area contributed by atoms with Gasteiger partial charge in [0, 0.05) is 18.6 Å². The van der Waals surface area contributed by atoms with Gasteiger partial charge in [-0.25, -0.2) is 13.2 Å². The fourth-order valence-corrected chi connectivity index (χ4v) is 1.79. The Hall–Kier alpha value is -1.07. The summed E-state index contributed by atoms with van der Waals surface area (Å²) in [5.41, 5.74) is -0.0438. The van der Waals surface area contributed by atoms with Crippen molar-refractivity contribution in [3.05, 3.63) is 35.1 Å². The molecule has 0 aromatic heterocycles. The van der Waals surface area contributed by atoms with Crippen molar-refractivity contribution in [2.45, 2.75) is 25.0 Å². The molecule has 0 saturated carbocycles. The van der Waals surface area contributed by atoms with Gasteiger partial charge in [0.1, 0.15) is 0 Å². The standard InChI is InChI=1S/C11H11F3O2/c12-8-2-1-7(10(13)11(8)14)9-5-6(15)3-4-16-9/h1-2,6,9,15H,3-5H2. The van der Waals surface area contributed by atoms with E-state index in [0.717, 1.165) is 12.1 Å². The van der Waals surface area contributed by atoms with Crippen LogP contribution in [0.3, 0.4) is 0 Å². The van der Waals surface area contributed by atoms with Crippen LogP contribution in [0.5, 0.6) is 0 Å². The van der Waals surface area contributed by atoms with E-state index in [9.17, 15) is 18.3 Å². The first-order valence-electron chi connectivity index (χ1n) is 5.02. The number of ether oxygens (including phenoxy) is 1. The van der Waals surface area contributed by atoms with E-state index in [0.29, 0.717) is 6.42 Å². The number of rotatable bonds is 1. The van der Waals surface area contributed by atoms with Crippen molar-refractivity contribution in [1.29, 1.82) is 0 Å². The molecule has 0 spiro atoms. The summed E-state index contributed by atoms with van der Waals surface area (Å²) in [5, 5.41) is 9.39. The minimum atomic E-state index is -1.50. The van der Waals surface area contributed by atoms with E-state index in [2.05, 4.69) is 0 Å². The summed E-state index contributed by atoms with van der Waals surface area (Å²) in [7, 11) is 0. The highest BCUT2D eigenvalue weighted by molar-refractivity contribution is 5.23. The Morgan fingerprint density at radius 3 is 2.62 bits per heavy atom. The van der Waals surface area contributed by atoms with Crippen molar-refractivity contribution < 1.29 is 23.0 Å². The van der Waals surface area contributed by atoms with Crippen LogP contribution in [0.25, 0.3) is 0 Å². The lowest BCUT2D eigenvalue weighted by atomic mass is 9.99. The van der Waals surface area contributed by atoms with Crippen molar-refractivity contribution in [3.8, 4) is 0 Å². The second-order valence-electron chi connectivity index (χ2n) is 3.80. The zero-order valence-electron chi connectivity index (χ0n) is 8.42. The Balaban J connectivity index is 2.29. The number of hydrogen-bond acceptors (Lipinski definition) is 2. The molecule has 2 unspecified atom stereocenters. The highest BCUT2D eigenvalue weighted by atomic mass is 19.2. The second-order valence-corrected chi connectivity index (χ2v) is 3.80. The molecule has 1 aliphatic rings. The summed E-state index contributed by atoms with van der Waals surface area (Å²) >= 11 is 0. The second kappa shape index (κ2) is 4.43. The van der Waals surface area contributed by atoms with Gasteiger partial charge < -0.3 is 9.84 Å². The summed E-state index contributed by atoms with van der Waals surface area (Å²) < 4.78 is 44.3. The summed E-state index contributed by atoms with van der Waals surface area (Å²) in [4.78, 5) is 0. The summed E-state index contributed by atoms with van der Waals surface area (Å²) in [6, 6.07) is 2.01. The first kappa shape index (κ1) is 11.4.